The first kappa shape index (κ1) is 16.4. The molecule has 1 aromatic carbocycles. The van der Waals surface area contributed by atoms with E-state index in [9.17, 15) is 9.59 Å². The van der Waals surface area contributed by atoms with Crippen molar-refractivity contribution in [3.63, 3.8) is 0 Å². The van der Waals surface area contributed by atoms with Crippen LogP contribution in [0.3, 0.4) is 0 Å². The van der Waals surface area contributed by atoms with Gasteiger partial charge in [0, 0.05) is 38.5 Å². The number of carbonyl (C=O) groups excluding carboxylic acids is 2. The molecule has 3 rings (SSSR count). The normalized spacial score (nSPS) is 16.5. The molecule has 0 atom stereocenters. The average molecular weight is 335 g/mol. The van der Waals surface area contributed by atoms with Gasteiger partial charge >= 0.3 is 6.03 Å². The minimum absolute atomic E-state index is 0.0452. The maximum Gasteiger partial charge on any atom is 0.325 e. The van der Waals surface area contributed by atoms with Gasteiger partial charge in [0.25, 0.3) is 0 Å². The summed E-state index contributed by atoms with van der Waals surface area (Å²) in [6.07, 6.45) is 0. The van der Waals surface area contributed by atoms with Crippen molar-refractivity contribution in [2.45, 2.75) is 0 Å². The van der Waals surface area contributed by atoms with Crippen LogP contribution in [0, 0.1) is 0 Å². The summed E-state index contributed by atoms with van der Waals surface area (Å²) in [6.45, 7) is 2.99. The molecule has 8 nitrogen and oxygen atoms in total. The van der Waals surface area contributed by atoms with E-state index in [4.69, 9.17) is 14.2 Å². The molecule has 1 aromatic rings. The number of nitrogens with zero attached hydrogens (tertiary/aromatic N) is 2. The van der Waals surface area contributed by atoms with Crippen molar-refractivity contribution in [3.05, 3.63) is 18.2 Å². The molecule has 2 heterocycles. The van der Waals surface area contributed by atoms with Crippen LogP contribution < -0.4 is 19.7 Å². The molecule has 2 aliphatic rings. The molecule has 8 heteroatoms. The fourth-order valence-electron chi connectivity index (χ4n) is 2.69. The molecule has 0 aromatic heterocycles. The van der Waals surface area contributed by atoms with Crippen LogP contribution in [0.4, 0.5) is 10.5 Å². The Bertz CT molecular complexity index is 622. The molecule has 0 bridgehead atoms. The Hall–Kier alpha value is -2.48. The Balaban J connectivity index is 1.60. The SMILES string of the molecule is COCCNC(=O)CN1CCN(c2ccc3c(c2)OCCO3)C1=O. The molecule has 1 N–H and O–H groups in total. The Morgan fingerprint density at radius 1 is 1.25 bits per heavy atom. The second kappa shape index (κ2) is 7.39. The van der Waals surface area contributed by atoms with Crippen LogP contribution >= 0.6 is 0 Å². The molecule has 2 aliphatic heterocycles. The topological polar surface area (TPSA) is 80.3 Å². The lowest BCUT2D eigenvalue weighted by Gasteiger charge is -2.22. The highest BCUT2D eigenvalue weighted by molar-refractivity contribution is 5.96. The van der Waals surface area contributed by atoms with Crippen LogP contribution in [-0.4, -0.2) is 69.9 Å². The summed E-state index contributed by atoms with van der Waals surface area (Å²) in [5.41, 5.74) is 0.742. The largest absolute Gasteiger partial charge is 0.486 e. The molecule has 0 aliphatic carbocycles. The van der Waals surface area contributed by atoms with Gasteiger partial charge in [-0.05, 0) is 12.1 Å². The van der Waals surface area contributed by atoms with Gasteiger partial charge in [0.15, 0.2) is 11.5 Å². The number of fused-ring (bicyclic) bond motifs is 1. The van der Waals surface area contributed by atoms with E-state index < -0.39 is 0 Å². The highest BCUT2D eigenvalue weighted by atomic mass is 16.6. The summed E-state index contributed by atoms with van der Waals surface area (Å²) in [4.78, 5) is 27.5. The number of rotatable bonds is 6. The number of hydrogen-bond acceptors (Lipinski definition) is 5. The lowest BCUT2D eigenvalue weighted by molar-refractivity contribution is -0.121. The van der Waals surface area contributed by atoms with Crippen LogP contribution in [-0.2, 0) is 9.53 Å². The lowest BCUT2D eigenvalue weighted by Crippen LogP contribution is -2.40. The van der Waals surface area contributed by atoms with Gasteiger partial charge in [-0.25, -0.2) is 4.79 Å². The fraction of sp³-hybridized carbons (Fsp3) is 0.500. The van der Waals surface area contributed by atoms with Crippen molar-refractivity contribution in [3.8, 4) is 11.5 Å². The Kier molecular flexibility index (Phi) is 5.05. The molecule has 0 spiro atoms. The predicted octanol–water partition coefficient (Wildman–Crippen LogP) is 0.462. The summed E-state index contributed by atoms with van der Waals surface area (Å²) in [6, 6.07) is 5.24. The van der Waals surface area contributed by atoms with Crippen molar-refractivity contribution in [2.75, 3.05) is 58.0 Å². The highest BCUT2D eigenvalue weighted by Gasteiger charge is 2.31. The second-order valence-electron chi connectivity index (χ2n) is 5.53. The van der Waals surface area contributed by atoms with E-state index in [0.717, 1.165) is 5.69 Å². The number of benzene rings is 1. The van der Waals surface area contributed by atoms with E-state index in [1.54, 1.807) is 24.1 Å². The third-order valence-electron chi connectivity index (χ3n) is 3.90. The van der Waals surface area contributed by atoms with Gasteiger partial charge in [-0.2, -0.15) is 0 Å². The number of ether oxygens (including phenoxy) is 3. The zero-order valence-electron chi connectivity index (χ0n) is 13.6. The molecule has 0 unspecified atom stereocenters. The standard InChI is InChI=1S/C16H21N3O5/c1-22-7-4-17-15(20)11-18-5-6-19(16(18)21)12-2-3-13-14(10-12)24-9-8-23-13/h2-3,10H,4-9,11H2,1H3,(H,17,20). The molecule has 24 heavy (non-hydrogen) atoms. The Morgan fingerprint density at radius 2 is 2.04 bits per heavy atom. The zero-order chi connectivity index (χ0) is 16.9. The molecular formula is C16H21N3O5. The van der Waals surface area contributed by atoms with Crippen molar-refractivity contribution >= 4 is 17.6 Å². The maximum atomic E-state index is 12.5. The number of nitrogens with one attached hydrogen (secondary N) is 1. The van der Waals surface area contributed by atoms with E-state index in [2.05, 4.69) is 5.32 Å². The van der Waals surface area contributed by atoms with E-state index in [1.807, 2.05) is 6.07 Å². The molecular weight excluding hydrogens is 314 g/mol. The first-order chi connectivity index (χ1) is 11.7. The van der Waals surface area contributed by atoms with Gasteiger partial charge in [0.2, 0.25) is 5.91 Å². The van der Waals surface area contributed by atoms with Gasteiger partial charge in [0.1, 0.15) is 19.8 Å². The van der Waals surface area contributed by atoms with Gasteiger partial charge in [-0.1, -0.05) is 0 Å². The molecule has 0 saturated carbocycles. The average Bonchev–Trinajstić information content (AvgIpc) is 2.95. The summed E-state index contributed by atoms with van der Waals surface area (Å²) in [5, 5.41) is 2.71. The van der Waals surface area contributed by atoms with Crippen molar-refractivity contribution in [2.24, 2.45) is 0 Å². The molecule has 1 saturated heterocycles. The van der Waals surface area contributed by atoms with Gasteiger partial charge in [0.05, 0.1) is 6.61 Å². The maximum absolute atomic E-state index is 12.5. The van der Waals surface area contributed by atoms with Crippen molar-refractivity contribution < 1.29 is 23.8 Å². The number of amides is 3. The summed E-state index contributed by atoms with van der Waals surface area (Å²) in [7, 11) is 1.57. The Morgan fingerprint density at radius 3 is 2.83 bits per heavy atom. The predicted molar refractivity (Wildman–Crippen MR) is 86.6 cm³/mol. The number of anilines is 1. The summed E-state index contributed by atoms with van der Waals surface area (Å²) >= 11 is 0. The first-order valence-electron chi connectivity index (χ1n) is 7.91. The number of methoxy groups -OCH3 is 1. The number of carbonyl (C=O) groups is 2. The van der Waals surface area contributed by atoms with Gasteiger partial charge < -0.3 is 24.4 Å². The lowest BCUT2D eigenvalue weighted by atomic mass is 10.2. The van der Waals surface area contributed by atoms with Crippen molar-refractivity contribution in [1.29, 1.82) is 0 Å². The van der Waals surface area contributed by atoms with Gasteiger partial charge in [-0.3, -0.25) is 9.69 Å². The molecule has 0 radical (unpaired) electrons. The van der Waals surface area contributed by atoms with Gasteiger partial charge in [-0.15, -0.1) is 0 Å². The van der Waals surface area contributed by atoms with Crippen LogP contribution in [0.25, 0.3) is 0 Å². The van der Waals surface area contributed by atoms with E-state index in [-0.39, 0.29) is 18.5 Å². The van der Waals surface area contributed by atoms with Crippen molar-refractivity contribution in [1.82, 2.24) is 10.2 Å². The van der Waals surface area contributed by atoms with Crippen LogP contribution in [0.15, 0.2) is 18.2 Å². The number of hydrogen-bond donors (Lipinski definition) is 1. The summed E-state index contributed by atoms with van der Waals surface area (Å²) in [5.74, 6) is 1.14. The van der Waals surface area contributed by atoms with Crippen LogP contribution in [0.5, 0.6) is 11.5 Å². The first-order valence-corrected chi connectivity index (χ1v) is 7.91. The van der Waals surface area contributed by atoms with E-state index in [0.29, 0.717) is 51.0 Å². The zero-order valence-corrected chi connectivity index (χ0v) is 13.6. The fourth-order valence-corrected chi connectivity index (χ4v) is 2.69. The minimum atomic E-state index is -0.190. The third kappa shape index (κ3) is 3.53. The Labute approximate surface area is 140 Å². The van der Waals surface area contributed by atoms with Crippen LogP contribution in [0.1, 0.15) is 0 Å². The molecule has 3 amide bonds. The molecule has 130 valence electrons. The molecule has 1 fully saturated rings. The van der Waals surface area contributed by atoms with E-state index >= 15 is 0 Å². The quantitative estimate of drug-likeness (QED) is 0.764. The van der Waals surface area contributed by atoms with E-state index in [1.165, 1.54) is 4.90 Å². The number of urea groups is 1. The smallest absolute Gasteiger partial charge is 0.325 e. The minimum Gasteiger partial charge on any atom is -0.486 e. The monoisotopic (exact) mass is 335 g/mol. The summed E-state index contributed by atoms with van der Waals surface area (Å²) < 4.78 is 15.9. The third-order valence-corrected chi connectivity index (χ3v) is 3.90. The second-order valence-corrected chi connectivity index (χ2v) is 5.53. The highest BCUT2D eigenvalue weighted by Crippen LogP contribution is 2.34. The van der Waals surface area contributed by atoms with Crippen LogP contribution in [0.2, 0.25) is 0 Å².